The molecule has 7 nitrogen and oxygen atoms in total. The lowest BCUT2D eigenvalue weighted by molar-refractivity contribution is -0.130. The number of nitrogens with one attached hydrogen (secondary N) is 1. The number of aryl methyl sites for hydroxylation is 1. The summed E-state index contributed by atoms with van der Waals surface area (Å²) in [5, 5.41) is 2.99. The van der Waals surface area contributed by atoms with Gasteiger partial charge in [0.25, 0.3) is 11.8 Å². The summed E-state index contributed by atoms with van der Waals surface area (Å²) in [4.78, 5) is 51.3. The Hall–Kier alpha value is -2.70. The van der Waals surface area contributed by atoms with Crippen LogP contribution in [0.5, 0.6) is 0 Å². The summed E-state index contributed by atoms with van der Waals surface area (Å²) in [5.41, 5.74) is 1.82. The molecule has 0 bridgehead atoms. The molecule has 7 heteroatoms. The van der Waals surface area contributed by atoms with Crippen LogP contribution >= 0.6 is 0 Å². The number of piperidine rings is 1. The maximum Gasteiger partial charge on any atom is 0.261 e. The van der Waals surface area contributed by atoms with E-state index in [-0.39, 0.29) is 42.6 Å². The van der Waals surface area contributed by atoms with Crippen molar-refractivity contribution >= 4 is 23.6 Å². The van der Waals surface area contributed by atoms with Gasteiger partial charge in [-0.05, 0) is 38.3 Å². The van der Waals surface area contributed by atoms with E-state index >= 15 is 0 Å². The lowest BCUT2D eigenvalue weighted by atomic mass is 10.0. The Balaban J connectivity index is 1.44. The minimum Gasteiger partial charge on any atom is -0.353 e. The van der Waals surface area contributed by atoms with Crippen LogP contribution in [0.15, 0.2) is 18.2 Å². The average molecular weight is 371 g/mol. The van der Waals surface area contributed by atoms with Crippen molar-refractivity contribution in [1.82, 2.24) is 15.1 Å². The van der Waals surface area contributed by atoms with Gasteiger partial charge >= 0.3 is 0 Å². The third-order valence-corrected chi connectivity index (χ3v) is 5.22. The highest BCUT2D eigenvalue weighted by Crippen LogP contribution is 2.24. The van der Waals surface area contributed by atoms with Crippen LogP contribution in [0.3, 0.4) is 0 Å². The number of rotatable bonds is 5. The second-order valence-corrected chi connectivity index (χ2v) is 7.26. The molecule has 0 unspecified atom stereocenters. The van der Waals surface area contributed by atoms with Crippen LogP contribution < -0.4 is 5.32 Å². The number of hydrogen-bond donors (Lipinski definition) is 1. The molecular formula is C20H25N3O4. The van der Waals surface area contributed by atoms with E-state index in [0.717, 1.165) is 18.4 Å². The normalized spacial score (nSPS) is 17.3. The van der Waals surface area contributed by atoms with Crippen LogP contribution in [-0.2, 0) is 9.59 Å². The number of likely N-dealkylation sites (tertiary alicyclic amines) is 1. The summed E-state index contributed by atoms with van der Waals surface area (Å²) in [7, 11) is 0. The standard InChI is InChI=1S/C20H25N3O4/c1-13-5-6-16-17(12-13)20(27)23(19(16)26)9-3-4-18(25)21-15-7-10-22(11-8-15)14(2)24/h5-6,12,15H,3-4,7-11H2,1-2H3,(H,21,25). The number of nitrogens with zero attached hydrogens (tertiary/aromatic N) is 2. The summed E-state index contributed by atoms with van der Waals surface area (Å²) in [6.45, 7) is 5.00. The molecule has 2 aliphatic rings. The number of benzene rings is 1. The molecule has 4 amide bonds. The molecule has 1 N–H and O–H groups in total. The number of imide groups is 1. The topological polar surface area (TPSA) is 86.8 Å². The van der Waals surface area contributed by atoms with E-state index in [2.05, 4.69) is 5.32 Å². The minimum absolute atomic E-state index is 0.0657. The first-order valence-corrected chi connectivity index (χ1v) is 9.38. The molecule has 0 aliphatic carbocycles. The summed E-state index contributed by atoms with van der Waals surface area (Å²) >= 11 is 0. The molecule has 0 spiro atoms. The molecule has 0 aromatic heterocycles. The molecule has 2 heterocycles. The molecule has 2 aliphatic heterocycles. The number of amides is 4. The van der Waals surface area contributed by atoms with Gasteiger partial charge in [-0.1, -0.05) is 11.6 Å². The molecule has 1 aromatic rings. The van der Waals surface area contributed by atoms with Gasteiger partial charge in [-0.15, -0.1) is 0 Å². The molecule has 0 saturated carbocycles. The predicted octanol–water partition coefficient (Wildman–Crippen LogP) is 1.50. The second kappa shape index (κ2) is 7.90. The predicted molar refractivity (Wildman–Crippen MR) is 99.2 cm³/mol. The molecule has 27 heavy (non-hydrogen) atoms. The number of fused-ring (bicyclic) bond motifs is 1. The fourth-order valence-corrected chi connectivity index (χ4v) is 3.64. The van der Waals surface area contributed by atoms with E-state index in [0.29, 0.717) is 30.6 Å². The minimum atomic E-state index is -0.285. The Kier molecular flexibility index (Phi) is 5.58. The van der Waals surface area contributed by atoms with Gasteiger partial charge in [-0.3, -0.25) is 24.1 Å². The lowest BCUT2D eigenvalue weighted by Gasteiger charge is -2.31. The molecule has 0 radical (unpaired) electrons. The molecule has 3 rings (SSSR count). The Morgan fingerprint density at radius 3 is 2.44 bits per heavy atom. The van der Waals surface area contributed by atoms with Crippen molar-refractivity contribution in [3.8, 4) is 0 Å². The van der Waals surface area contributed by atoms with Gasteiger partial charge in [-0.25, -0.2) is 0 Å². The molecule has 1 aromatic carbocycles. The smallest absolute Gasteiger partial charge is 0.261 e. The largest absolute Gasteiger partial charge is 0.353 e. The van der Waals surface area contributed by atoms with E-state index in [9.17, 15) is 19.2 Å². The van der Waals surface area contributed by atoms with Crippen molar-refractivity contribution in [2.24, 2.45) is 0 Å². The van der Waals surface area contributed by atoms with Gasteiger partial charge < -0.3 is 10.2 Å². The first-order chi connectivity index (χ1) is 12.9. The Morgan fingerprint density at radius 1 is 1.11 bits per heavy atom. The maximum atomic E-state index is 12.4. The molecule has 144 valence electrons. The van der Waals surface area contributed by atoms with Crippen molar-refractivity contribution in [3.63, 3.8) is 0 Å². The SMILES string of the molecule is CC(=O)N1CCC(NC(=O)CCCN2C(=O)c3ccc(C)cc3C2=O)CC1. The highest BCUT2D eigenvalue weighted by atomic mass is 16.2. The Bertz CT molecular complexity index is 781. The van der Waals surface area contributed by atoms with Crippen LogP contribution in [0.4, 0.5) is 0 Å². The van der Waals surface area contributed by atoms with Crippen molar-refractivity contribution in [2.45, 2.75) is 45.6 Å². The van der Waals surface area contributed by atoms with Crippen molar-refractivity contribution in [2.75, 3.05) is 19.6 Å². The highest BCUT2D eigenvalue weighted by Gasteiger charge is 2.35. The zero-order chi connectivity index (χ0) is 19.6. The summed E-state index contributed by atoms with van der Waals surface area (Å²) < 4.78 is 0. The molecule has 1 fully saturated rings. The summed E-state index contributed by atoms with van der Waals surface area (Å²) in [6.07, 6.45) is 2.20. The van der Waals surface area contributed by atoms with Crippen molar-refractivity contribution in [1.29, 1.82) is 0 Å². The second-order valence-electron chi connectivity index (χ2n) is 7.26. The van der Waals surface area contributed by atoms with Crippen LogP contribution in [0, 0.1) is 6.92 Å². The third kappa shape index (κ3) is 4.18. The maximum absolute atomic E-state index is 12.4. The average Bonchev–Trinajstić information content (AvgIpc) is 2.86. The van der Waals surface area contributed by atoms with Gasteiger partial charge in [0, 0.05) is 39.0 Å². The fraction of sp³-hybridized carbons (Fsp3) is 0.500. The fourth-order valence-electron chi connectivity index (χ4n) is 3.64. The quantitative estimate of drug-likeness (QED) is 0.795. The third-order valence-electron chi connectivity index (χ3n) is 5.22. The van der Waals surface area contributed by atoms with Crippen LogP contribution in [-0.4, -0.2) is 59.1 Å². The number of hydrogen-bond acceptors (Lipinski definition) is 4. The monoisotopic (exact) mass is 371 g/mol. The van der Waals surface area contributed by atoms with Gasteiger partial charge in [0.05, 0.1) is 11.1 Å². The number of carbonyl (C=O) groups excluding carboxylic acids is 4. The van der Waals surface area contributed by atoms with E-state index in [1.165, 1.54) is 4.90 Å². The first kappa shape index (κ1) is 19.1. The molecular weight excluding hydrogens is 346 g/mol. The zero-order valence-corrected chi connectivity index (χ0v) is 15.8. The van der Waals surface area contributed by atoms with Gasteiger partial charge in [0.1, 0.15) is 0 Å². The van der Waals surface area contributed by atoms with Crippen LogP contribution in [0.25, 0.3) is 0 Å². The van der Waals surface area contributed by atoms with Crippen molar-refractivity contribution < 1.29 is 19.2 Å². The van der Waals surface area contributed by atoms with E-state index in [1.807, 2.05) is 13.0 Å². The first-order valence-electron chi connectivity index (χ1n) is 9.38. The zero-order valence-electron chi connectivity index (χ0n) is 15.8. The van der Waals surface area contributed by atoms with Gasteiger partial charge in [0.15, 0.2) is 0 Å². The lowest BCUT2D eigenvalue weighted by Crippen LogP contribution is -2.46. The van der Waals surface area contributed by atoms with Gasteiger partial charge in [0.2, 0.25) is 11.8 Å². The van der Waals surface area contributed by atoms with Gasteiger partial charge in [-0.2, -0.15) is 0 Å². The van der Waals surface area contributed by atoms with Crippen LogP contribution in [0.2, 0.25) is 0 Å². The highest BCUT2D eigenvalue weighted by molar-refractivity contribution is 6.21. The van der Waals surface area contributed by atoms with E-state index in [4.69, 9.17) is 0 Å². The van der Waals surface area contributed by atoms with E-state index < -0.39 is 0 Å². The number of carbonyl (C=O) groups is 4. The Labute approximate surface area is 158 Å². The molecule has 1 saturated heterocycles. The molecule has 0 atom stereocenters. The summed E-state index contributed by atoms with van der Waals surface area (Å²) in [5.74, 6) is -0.581. The van der Waals surface area contributed by atoms with Crippen LogP contribution in [0.1, 0.15) is 58.9 Å². The Morgan fingerprint density at radius 2 is 1.78 bits per heavy atom. The van der Waals surface area contributed by atoms with Crippen molar-refractivity contribution in [3.05, 3.63) is 34.9 Å². The van der Waals surface area contributed by atoms with E-state index in [1.54, 1.807) is 24.0 Å². The summed E-state index contributed by atoms with van der Waals surface area (Å²) in [6, 6.07) is 5.31.